The summed E-state index contributed by atoms with van der Waals surface area (Å²) in [5.41, 5.74) is -4.78. The lowest BCUT2D eigenvalue weighted by Crippen LogP contribution is -2.56. The van der Waals surface area contributed by atoms with Crippen LogP contribution in [0.1, 0.15) is 70.1 Å². The maximum atomic E-state index is 15.9. The fraction of sp³-hybridized carbons (Fsp3) is 0.448. The van der Waals surface area contributed by atoms with Crippen molar-refractivity contribution in [1.82, 2.24) is 9.88 Å². The number of anilines is 1. The third-order valence-corrected chi connectivity index (χ3v) is 5.84. The molecule has 0 radical (unpaired) electrons. The van der Waals surface area contributed by atoms with Crippen LogP contribution in [0.15, 0.2) is 41.5 Å². The molecule has 3 amide bonds. The SMILES string of the molecule is CC(C)(C)OC(=O)N(C(=O)OC(C)(C)C)C1=N[C@](C)(c2cc(NC(=O)c3ccc(C#N)cn3)ccc2F)[C@@H](F)[C@@H](CF)O1. The number of nitrogens with one attached hydrogen (secondary N) is 1. The lowest BCUT2D eigenvalue weighted by molar-refractivity contribution is -0.0214. The van der Waals surface area contributed by atoms with Crippen molar-refractivity contribution in [2.45, 2.75) is 77.5 Å². The number of amidine groups is 1. The average Bonchev–Trinajstić information content (AvgIpc) is 2.89. The van der Waals surface area contributed by atoms with Crippen molar-refractivity contribution in [3.05, 3.63) is 59.2 Å². The van der Waals surface area contributed by atoms with Gasteiger partial charge in [-0.3, -0.25) is 4.79 Å². The number of nitrogens with zero attached hydrogens (tertiary/aromatic N) is 4. The number of hydrogen-bond donors (Lipinski definition) is 1. The van der Waals surface area contributed by atoms with E-state index in [9.17, 15) is 18.8 Å². The van der Waals surface area contributed by atoms with E-state index in [0.29, 0.717) is 0 Å². The standard InChI is InChI=1S/C29H32F3N5O6/c1-27(2,3)42-25(39)37(26(40)43-28(4,5)6)24-36-29(7,22(32)21(13-30)41-24)18-12-17(9-10-19(18)31)35-23(38)20-11-8-16(14-33)15-34-20/h8-12,15,21-22H,13H2,1-7H3,(H,35,38)/t21-,22+,29-/m1/s1. The molecule has 0 saturated heterocycles. The van der Waals surface area contributed by atoms with Crippen LogP contribution in [0.3, 0.4) is 0 Å². The lowest BCUT2D eigenvalue weighted by atomic mass is 9.84. The summed E-state index contributed by atoms with van der Waals surface area (Å²) in [6, 6.07) is 6.89. The van der Waals surface area contributed by atoms with E-state index >= 15 is 8.78 Å². The van der Waals surface area contributed by atoms with E-state index in [-0.39, 0.29) is 21.8 Å². The Labute approximate surface area is 246 Å². The number of amides is 3. The van der Waals surface area contributed by atoms with Gasteiger partial charge in [0.2, 0.25) is 0 Å². The summed E-state index contributed by atoms with van der Waals surface area (Å²) >= 11 is 0. The molecule has 2 aromatic rings. The fourth-order valence-electron chi connectivity index (χ4n) is 3.89. The Morgan fingerprint density at radius 1 is 1.09 bits per heavy atom. The Hall–Kier alpha value is -4.67. The van der Waals surface area contributed by atoms with Crippen molar-refractivity contribution in [3.63, 3.8) is 0 Å². The second kappa shape index (κ2) is 12.3. The molecule has 11 nitrogen and oxygen atoms in total. The largest absolute Gasteiger partial charge is 0.455 e. The number of aliphatic imine (C=N–C) groups is 1. The minimum Gasteiger partial charge on any atom is -0.455 e. The molecule has 1 aliphatic rings. The van der Waals surface area contributed by atoms with Gasteiger partial charge in [0.15, 0.2) is 12.3 Å². The van der Waals surface area contributed by atoms with Gasteiger partial charge < -0.3 is 19.5 Å². The molecule has 230 valence electrons. The quantitative estimate of drug-likeness (QED) is 0.462. The van der Waals surface area contributed by atoms with E-state index in [2.05, 4.69) is 15.3 Å². The maximum Gasteiger partial charge on any atom is 0.428 e. The molecule has 2 heterocycles. The Bertz CT molecular complexity index is 1430. The highest BCUT2D eigenvalue weighted by atomic mass is 19.1. The Balaban J connectivity index is 2.10. The van der Waals surface area contributed by atoms with E-state index in [1.54, 1.807) is 0 Å². The summed E-state index contributed by atoms with van der Waals surface area (Å²) in [7, 11) is 0. The number of rotatable bonds is 4. The van der Waals surface area contributed by atoms with Crippen molar-refractivity contribution in [1.29, 1.82) is 5.26 Å². The molecule has 1 aromatic carbocycles. The average molecular weight is 604 g/mol. The van der Waals surface area contributed by atoms with Crippen LogP contribution in [0.4, 0.5) is 28.4 Å². The van der Waals surface area contributed by atoms with E-state index < -0.39 is 71.2 Å². The highest BCUT2D eigenvalue weighted by Gasteiger charge is 2.51. The Kier molecular flexibility index (Phi) is 9.38. The van der Waals surface area contributed by atoms with Gasteiger partial charge in [0, 0.05) is 17.4 Å². The second-order valence-electron chi connectivity index (χ2n) is 11.7. The van der Waals surface area contributed by atoms with Crippen molar-refractivity contribution < 1.29 is 41.8 Å². The van der Waals surface area contributed by atoms with Crippen molar-refractivity contribution in [2.24, 2.45) is 4.99 Å². The van der Waals surface area contributed by atoms with Crippen LogP contribution in [-0.4, -0.2) is 64.2 Å². The zero-order valence-electron chi connectivity index (χ0n) is 24.7. The molecule has 0 spiro atoms. The van der Waals surface area contributed by atoms with Gasteiger partial charge in [0.1, 0.15) is 41.0 Å². The van der Waals surface area contributed by atoms with E-state index in [4.69, 9.17) is 19.5 Å². The van der Waals surface area contributed by atoms with Crippen LogP contribution in [0.2, 0.25) is 0 Å². The highest BCUT2D eigenvalue weighted by molar-refractivity contribution is 6.06. The van der Waals surface area contributed by atoms with Gasteiger partial charge in [-0.25, -0.2) is 32.7 Å². The van der Waals surface area contributed by atoms with Gasteiger partial charge in [-0.1, -0.05) is 0 Å². The third-order valence-electron chi connectivity index (χ3n) is 5.84. The van der Waals surface area contributed by atoms with Gasteiger partial charge in [-0.05, 0) is 78.8 Å². The maximum absolute atomic E-state index is 15.9. The molecular formula is C29H32F3N5O6. The van der Waals surface area contributed by atoms with E-state index in [1.165, 1.54) is 65.9 Å². The number of benzene rings is 1. The number of carbonyl (C=O) groups excluding carboxylic acids is 3. The first-order chi connectivity index (χ1) is 19.9. The van der Waals surface area contributed by atoms with Crippen LogP contribution in [0.5, 0.6) is 0 Å². The molecule has 1 aliphatic heterocycles. The zero-order chi connectivity index (χ0) is 32.3. The highest BCUT2D eigenvalue weighted by Crippen LogP contribution is 2.40. The first kappa shape index (κ1) is 32.8. The first-order valence-electron chi connectivity index (χ1n) is 13.1. The van der Waals surface area contributed by atoms with Crippen LogP contribution in [0.25, 0.3) is 0 Å². The van der Waals surface area contributed by atoms with Crippen molar-refractivity contribution in [3.8, 4) is 6.07 Å². The van der Waals surface area contributed by atoms with E-state index in [0.717, 1.165) is 19.1 Å². The van der Waals surface area contributed by atoms with Crippen LogP contribution in [0, 0.1) is 17.1 Å². The summed E-state index contributed by atoms with van der Waals surface area (Å²) in [5, 5.41) is 11.4. The normalized spacial score (nSPS) is 20.2. The van der Waals surface area contributed by atoms with E-state index in [1.807, 2.05) is 6.07 Å². The van der Waals surface area contributed by atoms with Crippen LogP contribution in [-0.2, 0) is 19.7 Å². The van der Waals surface area contributed by atoms with Crippen LogP contribution >= 0.6 is 0 Å². The van der Waals surface area contributed by atoms with Crippen LogP contribution < -0.4 is 5.32 Å². The summed E-state index contributed by atoms with van der Waals surface area (Å²) in [5.74, 6) is -1.70. The number of alkyl halides is 2. The topological polar surface area (TPSA) is 143 Å². The number of nitriles is 1. The third kappa shape index (κ3) is 7.79. The predicted octanol–water partition coefficient (Wildman–Crippen LogP) is 5.79. The van der Waals surface area contributed by atoms with Gasteiger partial charge in [0.25, 0.3) is 5.91 Å². The molecule has 3 atom stereocenters. The Morgan fingerprint density at radius 2 is 1.70 bits per heavy atom. The molecule has 0 bridgehead atoms. The molecule has 1 N–H and O–H groups in total. The number of hydrogen-bond acceptors (Lipinski definition) is 9. The molecule has 43 heavy (non-hydrogen) atoms. The minimum atomic E-state index is -2.32. The second-order valence-corrected chi connectivity index (χ2v) is 11.7. The summed E-state index contributed by atoms with van der Waals surface area (Å²) in [6.45, 7) is 8.83. The smallest absolute Gasteiger partial charge is 0.428 e. The number of carbonyl (C=O) groups is 3. The minimum absolute atomic E-state index is 0.00262. The molecule has 0 aliphatic carbocycles. The summed E-state index contributed by atoms with van der Waals surface area (Å²) < 4.78 is 61.2. The van der Waals surface area contributed by atoms with Crippen molar-refractivity contribution >= 4 is 29.8 Å². The molecule has 14 heteroatoms. The van der Waals surface area contributed by atoms with Gasteiger partial charge in [0.05, 0.1) is 5.56 Å². The lowest BCUT2D eigenvalue weighted by Gasteiger charge is -2.40. The number of halogens is 3. The van der Waals surface area contributed by atoms with Gasteiger partial charge >= 0.3 is 18.2 Å². The molecule has 0 fully saturated rings. The van der Waals surface area contributed by atoms with Crippen molar-refractivity contribution in [2.75, 3.05) is 12.0 Å². The van der Waals surface area contributed by atoms with Gasteiger partial charge in [-0.2, -0.15) is 5.26 Å². The molecular weight excluding hydrogens is 571 g/mol. The number of ether oxygens (including phenoxy) is 3. The molecule has 3 rings (SSSR count). The zero-order valence-corrected chi connectivity index (χ0v) is 24.7. The summed E-state index contributed by atoms with van der Waals surface area (Å²) in [4.78, 5) is 47.2. The predicted molar refractivity (Wildman–Crippen MR) is 148 cm³/mol. The monoisotopic (exact) mass is 603 g/mol. The fourth-order valence-corrected chi connectivity index (χ4v) is 3.89. The number of pyridine rings is 1. The summed E-state index contributed by atoms with van der Waals surface area (Å²) in [6.07, 6.45) is -5.68. The van der Waals surface area contributed by atoms with Gasteiger partial charge in [-0.15, -0.1) is 4.90 Å². The number of aromatic nitrogens is 1. The first-order valence-corrected chi connectivity index (χ1v) is 13.1. The Morgan fingerprint density at radius 3 is 2.19 bits per heavy atom. The molecule has 0 saturated carbocycles. The molecule has 1 aromatic heterocycles. The number of imide groups is 1. The molecule has 0 unspecified atom stereocenters.